The fourth-order valence-electron chi connectivity index (χ4n) is 2.10. The van der Waals surface area contributed by atoms with Gasteiger partial charge in [-0.25, -0.2) is 0 Å². The Hall–Kier alpha value is -2.74. The number of nitrogens with zero attached hydrogens (tertiary/aromatic N) is 1. The lowest BCUT2D eigenvalue weighted by Gasteiger charge is -2.19. The molecule has 0 bridgehead atoms. The highest BCUT2D eigenvalue weighted by molar-refractivity contribution is 6.02. The van der Waals surface area contributed by atoms with Crippen molar-refractivity contribution in [2.45, 2.75) is 5.92 Å². The van der Waals surface area contributed by atoms with Crippen molar-refractivity contribution in [2.75, 3.05) is 13.2 Å². The molecular weight excluding hydrogens is 258 g/mol. The molecule has 1 unspecified atom stereocenters. The minimum Gasteiger partial charge on any atom is -0.486 e. The van der Waals surface area contributed by atoms with Gasteiger partial charge in [0.25, 0.3) is 0 Å². The summed E-state index contributed by atoms with van der Waals surface area (Å²) in [7, 11) is 0. The summed E-state index contributed by atoms with van der Waals surface area (Å²) in [4.78, 5) is 12.3. The zero-order chi connectivity index (χ0) is 13.9. The number of fused-ring (bicyclic) bond motifs is 1. The zero-order valence-corrected chi connectivity index (χ0v) is 10.5. The summed E-state index contributed by atoms with van der Waals surface area (Å²) < 4.78 is 15.8. The summed E-state index contributed by atoms with van der Waals surface area (Å²) in [6, 6.07) is 8.68. The molecule has 1 aliphatic rings. The average molecular weight is 269 g/mol. The van der Waals surface area contributed by atoms with Crippen LogP contribution in [0.2, 0.25) is 0 Å². The average Bonchev–Trinajstić information content (AvgIpc) is 3.02. The Morgan fingerprint density at radius 1 is 1.20 bits per heavy atom. The predicted molar refractivity (Wildman–Crippen MR) is 68.8 cm³/mol. The van der Waals surface area contributed by atoms with Gasteiger partial charge < -0.3 is 13.9 Å². The van der Waals surface area contributed by atoms with Crippen molar-refractivity contribution >= 4 is 5.78 Å². The molecule has 100 valence electrons. The molecule has 3 rings (SSSR count). The number of furan rings is 1. The van der Waals surface area contributed by atoms with Crippen molar-refractivity contribution in [3.63, 3.8) is 0 Å². The Morgan fingerprint density at radius 3 is 2.70 bits per heavy atom. The highest BCUT2D eigenvalue weighted by Gasteiger charge is 2.24. The second-order valence-electron chi connectivity index (χ2n) is 4.34. The summed E-state index contributed by atoms with van der Waals surface area (Å²) in [5, 5.41) is 9.28. The third-order valence-electron chi connectivity index (χ3n) is 3.10. The Balaban J connectivity index is 1.94. The maximum Gasteiger partial charge on any atom is 0.187 e. The molecule has 1 aromatic heterocycles. The van der Waals surface area contributed by atoms with E-state index in [-0.39, 0.29) is 5.78 Å². The molecule has 0 aliphatic carbocycles. The lowest BCUT2D eigenvalue weighted by molar-refractivity contribution is 0.0978. The molecule has 1 aliphatic heterocycles. The van der Waals surface area contributed by atoms with Crippen LogP contribution in [0.4, 0.5) is 0 Å². The number of ether oxygens (including phenoxy) is 2. The van der Waals surface area contributed by atoms with Crippen molar-refractivity contribution in [1.29, 1.82) is 5.26 Å². The summed E-state index contributed by atoms with van der Waals surface area (Å²) in [6.45, 7) is 0.964. The molecular formula is C15H11NO4. The molecule has 2 aromatic rings. The number of nitriles is 1. The zero-order valence-electron chi connectivity index (χ0n) is 10.5. The predicted octanol–water partition coefficient (Wildman–Crippen LogP) is 2.54. The fourth-order valence-corrected chi connectivity index (χ4v) is 2.10. The van der Waals surface area contributed by atoms with Crippen LogP contribution in [0.15, 0.2) is 41.2 Å². The van der Waals surface area contributed by atoms with Gasteiger partial charge in [0.15, 0.2) is 17.3 Å². The first-order valence-electron chi connectivity index (χ1n) is 6.15. The highest BCUT2D eigenvalue weighted by Crippen LogP contribution is 2.33. The van der Waals surface area contributed by atoms with Gasteiger partial charge in [-0.1, -0.05) is 6.07 Å². The Labute approximate surface area is 115 Å². The SMILES string of the molecule is N#CC(C(=O)c1ccoc1)c1ccc2c(c1)OCCO2. The third kappa shape index (κ3) is 2.12. The molecule has 0 radical (unpaired) electrons. The molecule has 0 amide bonds. The van der Waals surface area contributed by atoms with Crippen LogP contribution in [0.5, 0.6) is 11.5 Å². The van der Waals surface area contributed by atoms with Gasteiger partial charge in [-0.05, 0) is 23.8 Å². The van der Waals surface area contributed by atoms with E-state index in [1.165, 1.54) is 12.5 Å². The lowest BCUT2D eigenvalue weighted by Crippen LogP contribution is -2.16. The number of Topliss-reactive ketones (excluding diaryl/α,β-unsaturated/α-hetero) is 1. The minimum atomic E-state index is -0.886. The number of ketones is 1. The first-order valence-corrected chi connectivity index (χ1v) is 6.15. The molecule has 0 fully saturated rings. The molecule has 20 heavy (non-hydrogen) atoms. The van der Waals surface area contributed by atoms with Gasteiger partial charge >= 0.3 is 0 Å². The standard InChI is InChI=1S/C15H11NO4/c16-8-12(15(17)11-3-4-18-9-11)10-1-2-13-14(7-10)20-6-5-19-13/h1-4,7,9,12H,5-6H2. The summed E-state index contributed by atoms with van der Waals surface area (Å²) >= 11 is 0. The number of carbonyl (C=O) groups excluding carboxylic acids is 1. The van der Waals surface area contributed by atoms with Crippen molar-refractivity contribution in [3.8, 4) is 17.6 Å². The first-order chi connectivity index (χ1) is 9.79. The Kier molecular flexibility index (Phi) is 3.13. The molecule has 1 aromatic carbocycles. The Bertz CT molecular complexity index is 670. The number of carbonyl (C=O) groups is 1. The smallest absolute Gasteiger partial charge is 0.187 e. The number of hydrogen-bond donors (Lipinski definition) is 0. The van der Waals surface area contributed by atoms with Gasteiger partial charge in [0.05, 0.1) is 17.9 Å². The fraction of sp³-hybridized carbons (Fsp3) is 0.200. The number of hydrogen-bond acceptors (Lipinski definition) is 5. The Morgan fingerprint density at radius 2 is 2.00 bits per heavy atom. The minimum absolute atomic E-state index is 0.294. The largest absolute Gasteiger partial charge is 0.486 e. The van der Waals surface area contributed by atoms with Gasteiger partial charge in [-0.15, -0.1) is 0 Å². The van der Waals surface area contributed by atoms with Crippen LogP contribution >= 0.6 is 0 Å². The number of benzene rings is 1. The van der Waals surface area contributed by atoms with Crippen LogP contribution in [0, 0.1) is 11.3 Å². The van der Waals surface area contributed by atoms with Gasteiger partial charge in [-0.3, -0.25) is 4.79 Å². The van der Waals surface area contributed by atoms with Gasteiger partial charge in [-0.2, -0.15) is 5.26 Å². The van der Waals surface area contributed by atoms with Crippen LogP contribution in [-0.2, 0) is 0 Å². The summed E-state index contributed by atoms with van der Waals surface area (Å²) in [6.07, 6.45) is 2.75. The van der Waals surface area contributed by atoms with E-state index in [1.807, 2.05) is 6.07 Å². The molecule has 1 atom stereocenters. The first kappa shape index (κ1) is 12.3. The van der Waals surface area contributed by atoms with Crippen LogP contribution in [0.1, 0.15) is 21.8 Å². The normalized spacial score (nSPS) is 14.3. The van der Waals surface area contributed by atoms with Crippen LogP contribution in [-0.4, -0.2) is 19.0 Å². The highest BCUT2D eigenvalue weighted by atomic mass is 16.6. The molecule has 5 nitrogen and oxygen atoms in total. The van der Waals surface area contributed by atoms with Crippen LogP contribution in [0.3, 0.4) is 0 Å². The van der Waals surface area contributed by atoms with Gasteiger partial charge in [0, 0.05) is 0 Å². The van der Waals surface area contributed by atoms with Crippen LogP contribution < -0.4 is 9.47 Å². The molecule has 0 saturated carbocycles. The van der Waals surface area contributed by atoms with Crippen LogP contribution in [0.25, 0.3) is 0 Å². The van der Waals surface area contributed by atoms with Crippen molar-refractivity contribution in [1.82, 2.24) is 0 Å². The van der Waals surface area contributed by atoms with E-state index < -0.39 is 5.92 Å². The summed E-state index contributed by atoms with van der Waals surface area (Å²) in [5.74, 6) is 0.0165. The second kappa shape index (κ2) is 5.10. The van der Waals surface area contributed by atoms with E-state index in [0.29, 0.717) is 35.8 Å². The van der Waals surface area contributed by atoms with Crippen molar-refractivity contribution < 1.29 is 18.7 Å². The van der Waals surface area contributed by atoms with Crippen molar-refractivity contribution in [3.05, 3.63) is 47.9 Å². The van der Waals surface area contributed by atoms with Crippen molar-refractivity contribution in [2.24, 2.45) is 0 Å². The third-order valence-corrected chi connectivity index (χ3v) is 3.10. The van der Waals surface area contributed by atoms with E-state index in [4.69, 9.17) is 13.9 Å². The second-order valence-corrected chi connectivity index (χ2v) is 4.34. The van der Waals surface area contributed by atoms with E-state index in [9.17, 15) is 10.1 Å². The number of rotatable bonds is 3. The molecule has 5 heteroatoms. The van der Waals surface area contributed by atoms with E-state index in [0.717, 1.165) is 0 Å². The lowest BCUT2D eigenvalue weighted by atomic mass is 9.93. The van der Waals surface area contributed by atoms with Gasteiger partial charge in [0.1, 0.15) is 25.4 Å². The van der Waals surface area contributed by atoms with E-state index >= 15 is 0 Å². The monoisotopic (exact) mass is 269 g/mol. The van der Waals surface area contributed by atoms with E-state index in [2.05, 4.69) is 0 Å². The van der Waals surface area contributed by atoms with Gasteiger partial charge in [0.2, 0.25) is 0 Å². The molecule has 0 saturated heterocycles. The molecule has 2 heterocycles. The maximum absolute atomic E-state index is 12.3. The maximum atomic E-state index is 12.3. The van der Waals surface area contributed by atoms with E-state index in [1.54, 1.807) is 24.3 Å². The molecule has 0 N–H and O–H groups in total. The quantitative estimate of drug-likeness (QED) is 0.800. The molecule has 0 spiro atoms. The summed E-state index contributed by atoms with van der Waals surface area (Å²) in [5.41, 5.74) is 0.967. The topological polar surface area (TPSA) is 72.5 Å².